The van der Waals surface area contributed by atoms with Crippen LogP contribution < -0.4 is 5.73 Å². The molecule has 0 aromatic heterocycles. The van der Waals surface area contributed by atoms with E-state index in [4.69, 9.17) is 5.73 Å². The van der Waals surface area contributed by atoms with E-state index in [9.17, 15) is 24.4 Å². The highest BCUT2D eigenvalue weighted by atomic mass is 31.1. The Hall–Kier alpha value is -1.91. The SMILES string of the molecule is NC(=O)CCC(C(=O)O)C(O)(C/C=C/c1ccccc1)[PH2]=O. The van der Waals surface area contributed by atoms with Gasteiger partial charge in [-0.3, -0.25) is 9.59 Å². The van der Waals surface area contributed by atoms with Crippen molar-refractivity contribution in [2.45, 2.75) is 24.6 Å². The number of carboxylic acids is 1. The highest BCUT2D eigenvalue weighted by Crippen LogP contribution is 2.36. The van der Waals surface area contributed by atoms with Crippen LogP contribution in [0.25, 0.3) is 6.08 Å². The minimum atomic E-state index is -1.87. The van der Waals surface area contributed by atoms with Gasteiger partial charge in [-0.1, -0.05) is 42.5 Å². The third kappa shape index (κ3) is 5.47. The van der Waals surface area contributed by atoms with E-state index < -0.39 is 31.6 Å². The zero-order valence-corrected chi connectivity index (χ0v) is 13.2. The Morgan fingerprint density at radius 2 is 1.95 bits per heavy atom. The number of benzene rings is 1. The first-order chi connectivity index (χ1) is 10.4. The first-order valence-electron chi connectivity index (χ1n) is 6.80. The topological polar surface area (TPSA) is 118 Å². The van der Waals surface area contributed by atoms with Gasteiger partial charge in [-0.05, 0) is 12.0 Å². The van der Waals surface area contributed by atoms with Crippen molar-refractivity contribution in [1.29, 1.82) is 0 Å². The van der Waals surface area contributed by atoms with E-state index >= 15 is 0 Å². The molecule has 3 unspecified atom stereocenters. The van der Waals surface area contributed by atoms with Gasteiger partial charge in [0.15, 0.2) is 0 Å². The second-order valence-electron chi connectivity index (χ2n) is 5.02. The molecule has 1 amide bonds. The van der Waals surface area contributed by atoms with Crippen molar-refractivity contribution in [1.82, 2.24) is 0 Å². The normalized spacial score (nSPS) is 15.9. The lowest BCUT2D eigenvalue weighted by Gasteiger charge is -2.27. The summed E-state index contributed by atoms with van der Waals surface area (Å²) in [5.74, 6) is -3.25. The quantitative estimate of drug-likeness (QED) is 0.595. The lowest BCUT2D eigenvalue weighted by molar-refractivity contribution is -0.147. The molecule has 6 nitrogen and oxygen atoms in total. The number of hydrogen-bond donors (Lipinski definition) is 3. The smallest absolute Gasteiger partial charge is 0.309 e. The molecule has 0 heterocycles. The Labute approximate surface area is 129 Å². The Balaban J connectivity index is 2.83. The first kappa shape index (κ1) is 18.1. The molecule has 3 atom stereocenters. The highest BCUT2D eigenvalue weighted by Gasteiger charge is 2.40. The van der Waals surface area contributed by atoms with E-state index in [1.165, 1.54) is 0 Å². The van der Waals surface area contributed by atoms with Crippen molar-refractivity contribution >= 4 is 26.4 Å². The number of amides is 1. The van der Waals surface area contributed by atoms with Crippen LogP contribution in [0.2, 0.25) is 0 Å². The van der Waals surface area contributed by atoms with Crippen molar-refractivity contribution in [3.8, 4) is 0 Å². The number of carboxylic acid groups (broad SMARTS) is 1. The fraction of sp³-hybridized carbons (Fsp3) is 0.333. The minimum absolute atomic E-state index is 0.0730. The fourth-order valence-corrected chi connectivity index (χ4v) is 2.80. The number of aliphatic hydroxyl groups is 1. The van der Waals surface area contributed by atoms with E-state index in [0.717, 1.165) is 5.56 Å². The summed E-state index contributed by atoms with van der Waals surface area (Å²) in [6.45, 7) is 0. The van der Waals surface area contributed by atoms with Crippen LogP contribution >= 0.6 is 8.46 Å². The maximum atomic E-state index is 11.4. The Morgan fingerprint density at radius 3 is 2.45 bits per heavy atom. The zero-order chi connectivity index (χ0) is 16.6. The highest BCUT2D eigenvalue weighted by molar-refractivity contribution is 7.25. The standard InChI is InChI=1S/C15H20NO5P/c16-13(17)9-8-12(14(18)19)15(20,22-21)10-4-7-11-5-2-1-3-6-11/h1-7,12,20H,8-10,22H2,(H2,16,17)(H,18,19)/b7-4+. The third-order valence-corrected chi connectivity index (χ3v) is 4.39. The average molecular weight is 325 g/mol. The molecule has 22 heavy (non-hydrogen) atoms. The van der Waals surface area contributed by atoms with Gasteiger partial charge in [0.2, 0.25) is 5.91 Å². The molecule has 0 saturated heterocycles. The van der Waals surface area contributed by atoms with E-state index in [-0.39, 0.29) is 19.3 Å². The summed E-state index contributed by atoms with van der Waals surface area (Å²) in [4.78, 5) is 22.1. The summed E-state index contributed by atoms with van der Waals surface area (Å²) in [7, 11) is -1.76. The van der Waals surface area contributed by atoms with Crippen molar-refractivity contribution in [3.63, 3.8) is 0 Å². The van der Waals surface area contributed by atoms with Crippen molar-refractivity contribution in [2.24, 2.45) is 11.7 Å². The third-order valence-electron chi connectivity index (χ3n) is 3.34. The van der Waals surface area contributed by atoms with Gasteiger partial charge in [-0.2, -0.15) is 0 Å². The summed E-state index contributed by atoms with van der Waals surface area (Å²) in [5, 5.41) is 17.7. The molecule has 1 rings (SSSR count). The van der Waals surface area contributed by atoms with Gasteiger partial charge >= 0.3 is 5.97 Å². The lowest BCUT2D eigenvalue weighted by atomic mass is 9.93. The van der Waals surface area contributed by atoms with Crippen molar-refractivity contribution in [2.75, 3.05) is 0 Å². The monoisotopic (exact) mass is 325 g/mol. The number of carbonyl (C=O) groups is 2. The van der Waals surface area contributed by atoms with E-state index in [0.29, 0.717) is 0 Å². The molecule has 0 fully saturated rings. The van der Waals surface area contributed by atoms with Gasteiger partial charge < -0.3 is 20.5 Å². The van der Waals surface area contributed by atoms with Gasteiger partial charge in [0, 0.05) is 12.8 Å². The molecule has 0 saturated carbocycles. The summed E-state index contributed by atoms with van der Waals surface area (Å²) in [6, 6.07) is 9.25. The molecule has 1 aromatic carbocycles. The zero-order valence-electron chi connectivity index (χ0n) is 12.0. The second-order valence-corrected chi connectivity index (χ2v) is 6.26. The van der Waals surface area contributed by atoms with Crippen LogP contribution in [0.15, 0.2) is 36.4 Å². The Kier molecular flexibility index (Phi) is 7.02. The molecular formula is C15H20NO5P. The number of carbonyl (C=O) groups excluding carboxylic acids is 1. The second kappa shape index (κ2) is 8.51. The Morgan fingerprint density at radius 1 is 1.32 bits per heavy atom. The Bertz CT molecular complexity index is 560. The summed E-state index contributed by atoms with van der Waals surface area (Å²) in [5.41, 5.74) is 5.89. The molecule has 0 aliphatic rings. The molecular weight excluding hydrogens is 305 g/mol. The van der Waals surface area contributed by atoms with Crippen molar-refractivity contribution < 1.29 is 24.4 Å². The predicted octanol–water partition coefficient (Wildman–Crippen LogP) is 1.50. The van der Waals surface area contributed by atoms with Gasteiger partial charge in [-0.15, -0.1) is 0 Å². The maximum absolute atomic E-state index is 11.4. The van der Waals surface area contributed by atoms with E-state index in [1.54, 1.807) is 12.2 Å². The molecule has 4 N–H and O–H groups in total. The van der Waals surface area contributed by atoms with Crippen molar-refractivity contribution in [3.05, 3.63) is 42.0 Å². The molecule has 0 aliphatic heterocycles. The van der Waals surface area contributed by atoms with E-state index in [1.807, 2.05) is 30.3 Å². The number of nitrogens with two attached hydrogens (primary N) is 1. The van der Waals surface area contributed by atoms with E-state index in [2.05, 4.69) is 0 Å². The van der Waals surface area contributed by atoms with Crippen LogP contribution in [0, 0.1) is 5.92 Å². The minimum Gasteiger partial charge on any atom is -0.481 e. The summed E-state index contributed by atoms with van der Waals surface area (Å²) < 4.78 is 11.4. The first-order valence-corrected chi connectivity index (χ1v) is 7.85. The molecule has 120 valence electrons. The molecule has 7 heteroatoms. The molecule has 0 bridgehead atoms. The number of primary amides is 1. The molecule has 0 aliphatic carbocycles. The van der Waals surface area contributed by atoms with Crippen LogP contribution in [0.4, 0.5) is 0 Å². The number of hydrogen-bond acceptors (Lipinski definition) is 4. The largest absolute Gasteiger partial charge is 0.481 e. The average Bonchev–Trinajstić information content (AvgIpc) is 2.47. The summed E-state index contributed by atoms with van der Waals surface area (Å²) >= 11 is 0. The number of aliphatic carboxylic acids is 1. The van der Waals surface area contributed by atoms with Gasteiger partial charge in [0.1, 0.15) is 5.34 Å². The molecule has 0 radical (unpaired) electrons. The summed E-state index contributed by atoms with van der Waals surface area (Å²) in [6.07, 6.45) is 2.90. The molecule has 0 spiro atoms. The van der Waals surface area contributed by atoms with Crippen LogP contribution in [-0.4, -0.2) is 27.4 Å². The fourth-order valence-electron chi connectivity index (χ4n) is 2.09. The predicted molar refractivity (Wildman–Crippen MR) is 85.0 cm³/mol. The molecule has 1 aromatic rings. The van der Waals surface area contributed by atoms with Crippen LogP contribution in [-0.2, 0) is 14.2 Å². The van der Waals surface area contributed by atoms with Gasteiger partial charge in [-0.25, -0.2) is 0 Å². The van der Waals surface area contributed by atoms with Crippen LogP contribution in [0.1, 0.15) is 24.8 Å². The van der Waals surface area contributed by atoms with Gasteiger partial charge in [0.25, 0.3) is 0 Å². The van der Waals surface area contributed by atoms with Crippen LogP contribution in [0.5, 0.6) is 0 Å². The van der Waals surface area contributed by atoms with Gasteiger partial charge in [0.05, 0.1) is 14.4 Å². The van der Waals surface area contributed by atoms with Crippen LogP contribution in [0.3, 0.4) is 0 Å². The lowest BCUT2D eigenvalue weighted by Crippen LogP contribution is -2.37. The maximum Gasteiger partial charge on any atom is 0.309 e. The number of rotatable bonds is 9.